The summed E-state index contributed by atoms with van der Waals surface area (Å²) in [5.74, 6) is -1.99. The maximum atomic E-state index is 9.52. The summed E-state index contributed by atoms with van der Waals surface area (Å²) in [5, 5.41) is 54.0. The molecule has 0 bridgehead atoms. The van der Waals surface area contributed by atoms with Crippen molar-refractivity contribution < 1.29 is 25.5 Å². The number of nitrogens with one attached hydrogen (secondary N) is 1. The lowest BCUT2D eigenvalue weighted by atomic mass is 10.1. The molecule has 6 N–H and O–H groups in total. The third kappa shape index (κ3) is 2.24. The highest BCUT2D eigenvalue weighted by Gasteiger charge is 2.13. The molecule has 0 aliphatic heterocycles. The maximum absolute atomic E-state index is 9.52. The van der Waals surface area contributed by atoms with Gasteiger partial charge in [0.25, 0.3) is 0 Å². The molecule has 3 rings (SSSR count). The van der Waals surface area contributed by atoms with Gasteiger partial charge in [0.1, 0.15) is 0 Å². The molecule has 7 nitrogen and oxygen atoms in total. The average Bonchev–Trinajstić information content (AvgIpc) is 2.97. The van der Waals surface area contributed by atoms with Crippen molar-refractivity contribution in [1.29, 1.82) is 0 Å². The van der Waals surface area contributed by atoms with Gasteiger partial charge in [0.15, 0.2) is 28.7 Å². The van der Waals surface area contributed by atoms with Crippen LogP contribution in [0, 0.1) is 0 Å². The first-order chi connectivity index (χ1) is 10.5. The van der Waals surface area contributed by atoms with Crippen molar-refractivity contribution in [3.63, 3.8) is 0 Å². The van der Waals surface area contributed by atoms with Crippen LogP contribution < -0.4 is 0 Å². The second kappa shape index (κ2) is 4.88. The zero-order chi connectivity index (χ0) is 15.9. The van der Waals surface area contributed by atoms with Gasteiger partial charge in [0.05, 0.1) is 11.4 Å². The first-order valence-corrected chi connectivity index (χ1v) is 6.29. The minimum Gasteiger partial charge on any atom is -0.504 e. The van der Waals surface area contributed by atoms with Gasteiger partial charge in [-0.2, -0.15) is 5.10 Å². The van der Waals surface area contributed by atoms with Crippen LogP contribution >= 0.6 is 0 Å². The zero-order valence-corrected chi connectivity index (χ0v) is 11.1. The van der Waals surface area contributed by atoms with E-state index in [0.29, 0.717) is 22.5 Å². The predicted molar refractivity (Wildman–Crippen MR) is 77.8 cm³/mol. The molecule has 2 aromatic carbocycles. The third-order valence-corrected chi connectivity index (χ3v) is 3.23. The Balaban J connectivity index is 2.02. The summed E-state index contributed by atoms with van der Waals surface area (Å²) in [6.45, 7) is 0. The first-order valence-electron chi connectivity index (χ1n) is 6.29. The molecule has 0 spiro atoms. The normalized spacial score (nSPS) is 10.7. The van der Waals surface area contributed by atoms with E-state index < -0.39 is 17.2 Å². The number of phenols is 5. The van der Waals surface area contributed by atoms with E-state index in [1.807, 2.05) is 0 Å². The summed E-state index contributed by atoms with van der Waals surface area (Å²) in [5.41, 5.74) is 1.99. The average molecular weight is 300 g/mol. The molecule has 0 amide bonds. The second-order valence-corrected chi connectivity index (χ2v) is 4.73. The van der Waals surface area contributed by atoms with Crippen LogP contribution in [0.25, 0.3) is 22.5 Å². The molecule has 1 aromatic heterocycles. The Hall–Kier alpha value is -3.35. The topological polar surface area (TPSA) is 130 Å². The predicted octanol–water partition coefficient (Wildman–Crippen LogP) is 2.27. The minimum absolute atomic E-state index is 0.225. The van der Waals surface area contributed by atoms with Gasteiger partial charge in [0.2, 0.25) is 0 Å². The molecule has 0 aliphatic carbocycles. The van der Waals surface area contributed by atoms with Crippen LogP contribution in [0.3, 0.4) is 0 Å². The van der Waals surface area contributed by atoms with Crippen molar-refractivity contribution in [2.75, 3.05) is 0 Å². The molecule has 1 heterocycles. The summed E-state index contributed by atoms with van der Waals surface area (Å²) in [4.78, 5) is 0. The zero-order valence-electron chi connectivity index (χ0n) is 11.1. The Morgan fingerprint density at radius 3 is 1.95 bits per heavy atom. The largest absolute Gasteiger partial charge is 0.504 e. The van der Waals surface area contributed by atoms with Crippen LogP contribution in [0.5, 0.6) is 28.7 Å². The SMILES string of the molecule is Oc1ccc(-c2cc(-c3cc(O)c(O)c(O)c3)n[nH]2)cc1O. The monoisotopic (exact) mass is 300 g/mol. The van der Waals surface area contributed by atoms with Crippen molar-refractivity contribution in [3.8, 4) is 51.3 Å². The summed E-state index contributed by atoms with van der Waals surface area (Å²) in [6.07, 6.45) is 0. The van der Waals surface area contributed by atoms with E-state index in [-0.39, 0.29) is 11.5 Å². The van der Waals surface area contributed by atoms with Gasteiger partial charge in [-0.3, -0.25) is 5.10 Å². The van der Waals surface area contributed by atoms with E-state index in [2.05, 4.69) is 10.2 Å². The van der Waals surface area contributed by atoms with Crippen LogP contribution in [0.2, 0.25) is 0 Å². The lowest BCUT2D eigenvalue weighted by Gasteiger charge is -2.03. The third-order valence-electron chi connectivity index (χ3n) is 3.23. The number of hydrogen-bond acceptors (Lipinski definition) is 6. The summed E-state index contributed by atoms with van der Waals surface area (Å²) in [7, 11) is 0. The number of nitrogens with zero attached hydrogens (tertiary/aromatic N) is 1. The molecule has 112 valence electrons. The highest BCUT2D eigenvalue weighted by atomic mass is 16.3. The van der Waals surface area contributed by atoms with Crippen molar-refractivity contribution >= 4 is 0 Å². The molecular weight excluding hydrogens is 288 g/mol. The molecule has 0 unspecified atom stereocenters. The van der Waals surface area contributed by atoms with Gasteiger partial charge in [-0.05, 0) is 36.4 Å². The molecule has 3 aromatic rings. The fourth-order valence-corrected chi connectivity index (χ4v) is 2.06. The number of phenolic OH excluding ortho intramolecular Hbond substituents is 5. The lowest BCUT2D eigenvalue weighted by Crippen LogP contribution is -1.79. The van der Waals surface area contributed by atoms with E-state index in [0.717, 1.165) is 0 Å². The van der Waals surface area contributed by atoms with Crippen LogP contribution in [-0.4, -0.2) is 35.7 Å². The molecule has 0 saturated heterocycles. The number of aromatic hydroxyl groups is 5. The standard InChI is InChI=1S/C15H12N2O5/c18-11-2-1-7(3-12(11)19)9-6-10(17-16-9)8-4-13(20)15(22)14(21)5-8/h1-6,18-22H,(H,16,17). The molecule has 0 aliphatic rings. The quantitative estimate of drug-likeness (QED) is 0.403. The highest BCUT2D eigenvalue weighted by Crippen LogP contribution is 2.39. The van der Waals surface area contributed by atoms with Gasteiger partial charge in [0, 0.05) is 11.1 Å². The molecule has 0 radical (unpaired) electrons. The van der Waals surface area contributed by atoms with Gasteiger partial charge < -0.3 is 25.5 Å². The minimum atomic E-state index is -0.594. The number of H-pyrrole nitrogens is 1. The van der Waals surface area contributed by atoms with Crippen molar-refractivity contribution in [1.82, 2.24) is 10.2 Å². The Bertz CT molecular complexity index is 834. The van der Waals surface area contributed by atoms with Crippen molar-refractivity contribution in [2.45, 2.75) is 0 Å². The molecule has 0 atom stereocenters. The molecule has 0 saturated carbocycles. The van der Waals surface area contributed by atoms with Crippen molar-refractivity contribution in [3.05, 3.63) is 36.4 Å². The van der Waals surface area contributed by atoms with Crippen LogP contribution in [0.4, 0.5) is 0 Å². The number of aromatic nitrogens is 2. The van der Waals surface area contributed by atoms with Crippen LogP contribution in [0.15, 0.2) is 36.4 Å². The van der Waals surface area contributed by atoms with Crippen molar-refractivity contribution in [2.24, 2.45) is 0 Å². The van der Waals surface area contributed by atoms with Gasteiger partial charge in [-0.25, -0.2) is 0 Å². The number of hydrogen-bond donors (Lipinski definition) is 6. The van der Waals surface area contributed by atoms with Gasteiger partial charge in [-0.15, -0.1) is 0 Å². The highest BCUT2D eigenvalue weighted by molar-refractivity contribution is 5.72. The maximum Gasteiger partial charge on any atom is 0.200 e. The molecule has 0 fully saturated rings. The molecule has 7 heteroatoms. The second-order valence-electron chi connectivity index (χ2n) is 4.73. The van der Waals surface area contributed by atoms with E-state index >= 15 is 0 Å². The van der Waals surface area contributed by atoms with E-state index in [4.69, 9.17) is 0 Å². The Labute approximate surface area is 124 Å². The number of benzene rings is 2. The Kier molecular flexibility index (Phi) is 3.03. The molecule has 22 heavy (non-hydrogen) atoms. The number of rotatable bonds is 2. The smallest absolute Gasteiger partial charge is 0.200 e. The lowest BCUT2D eigenvalue weighted by molar-refractivity contribution is 0.368. The molecular formula is C15H12N2O5. The Morgan fingerprint density at radius 2 is 1.32 bits per heavy atom. The fraction of sp³-hybridized carbons (Fsp3) is 0. The van der Waals surface area contributed by atoms with Gasteiger partial charge in [-0.1, -0.05) is 0 Å². The summed E-state index contributed by atoms with van der Waals surface area (Å²) >= 11 is 0. The Morgan fingerprint density at radius 1 is 0.682 bits per heavy atom. The van der Waals surface area contributed by atoms with E-state index in [1.165, 1.54) is 24.3 Å². The van der Waals surface area contributed by atoms with Crippen LogP contribution in [-0.2, 0) is 0 Å². The first kappa shape index (κ1) is 13.6. The fourth-order valence-electron chi connectivity index (χ4n) is 2.06. The van der Waals surface area contributed by atoms with E-state index in [1.54, 1.807) is 12.1 Å². The summed E-state index contributed by atoms with van der Waals surface area (Å²) in [6, 6.07) is 8.49. The van der Waals surface area contributed by atoms with E-state index in [9.17, 15) is 25.5 Å². The van der Waals surface area contributed by atoms with Crippen LogP contribution in [0.1, 0.15) is 0 Å². The number of aromatic amines is 1. The van der Waals surface area contributed by atoms with Gasteiger partial charge >= 0.3 is 0 Å². The summed E-state index contributed by atoms with van der Waals surface area (Å²) < 4.78 is 0.